The summed E-state index contributed by atoms with van der Waals surface area (Å²) in [6.45, 7) is 4.58. The number of pyridine rings is 1. The van der Waals surface area contributed by atoms with Crippen LogP contribution >= 0.6 is 0 Å². The molecular weight excluding hydrogens is 336 g/mol. The van der Waals surface area contributed by atoms with Crippen molar-refractivity contribution in [2.45, 2.75) is 26.3 Å². The summed E-state index contributed by atoms with van der Waals surface area (Å²) in [5.74, 6) is 1.51. The zero-order valence-electron chi connectivity index (χ0n) is 15.6. The molecule has 2 aromatic heterocycles. The molecule has 1 aliphatic rings. The number of likely N-dealkylation sites (tertiary alicyclic amines) is 1. The van der Waals surface area contributed by atoms with E-state index >= 15 is 0 Å². The van der Waals surface area contributed by atoms with Crippen LogP contribution < -0.4 is 0 Å². The van der Waals surface area contributed by atoms with Crippen LogP contribution in [-0.4, -0.2) is 38.4 Å². The molecular formula is C22H24N4O. The van der Waals surface area contributed by atoms with E-state index in [9.17, 15) is 4.79 Å². The van der Waals surface area contributed by atoms with Crippen LogP contribution in [-0.2, 0) is 6.54 Å². The van der Waals surface area contributed by atoms with Crippen molar-refractivity contribution in [1.82, 2.24) is 19.4 Å². The molecule has 1 saturated heterocycles. The van der Waals surface area contributed by atoms with Crippen molar-refractivity contribution in [2.75, 3.05) is 13.1 Å². The second-order valence-electron chi connectivity index (χ2n) is 7.20. The van der Waals surface area contributed by atoms with Gasteiger partial charge in [-0.05, 0) is 37.8 Å². The van der Waals surface area contributed by atoms with E-state index in [0.29, 0.717) is 11.5 Å². The molecule has 0 radical (unpaired) electrons. The summed E-state index contributed by atoms with van der Waals surface area (Å²) in [5, 5.41) is 0. The maximum absolute atomic E-state index is 12.8. The van der Waals surface area contributed by atoms with Crippen LogP contribution in [0.2, 0.25) is 0 Å². The summed E-state index contributed by atoms with van der Waals surface area (Å²) in [5.41, 5.74) is 2.95. The number of hydrogen-bond donors (Lipinski definition) is 0. The van der Waals surface area contributed by atoms with Crippen molar-refractivity contribution < 1.29 is 4.79 Å². The molecule has 1 atom stereocenters. The monoisotopic (exact) mass is 360 g/mol. The minimum atomic E-state index is 0.0819. The summed E-state index contributed by atoms with van der Waals surface area (Å²) in [7, 11) is 0. The van der Waals surface area contributed by atoms with Crippen LogP contribution in [0, 0.1) is 12.8 Å². The molecule has 5 heteroatoms. The summed E-state index contributed by atoms with van der Waals surface area (Å²) < 4.78 is 2.29. The quantitative estimate of drug-likeness (QED) is 0.711. The van der Waals surface area contributed by atoms with E-state index in [1.807, 2.05) is 41.4 Å². The molecule has 0 aliphatic carbocycles. The Bertz CT molecular complexity index is 905. The Hall–Kier alpha value is -2.95. The molecule has 1 aromatic carbocycles. The highest BCUT2D eigenvalue weighted by atomic mass is 16.2. The van der Waals surface area contributed by atoms with Crippen LogP contribution in [0.3, 0.4) is 0 Å². The SMILES string of the molecule is Cc1cnc(-c2ccccc2)n1CC1CCCN(C(=O)c2cccnc2)C1. The lowest BCUT2D eigenvalue weighted by atomic mass is 9.97. The summed E-state index contributed by atoms with van der Waals surface area (Å²) in [6.07, 6.45) is 7.44. The summed E-state index contributed by atoms with van der Waals surface area (Å²) >= 11 is 0. The maximum atomic E-state index is 12.8. The van der Waals surface area contributed by atoms with E-state index in [1.54, 1.807) is 12.4 Å². The number of rotatable bonds is 4. The van der Waals surface area contributed by atoms with Gasteiger partial charge in [-0.15, -0.1) is 0 Å². The first kappa shape index (κ1) is 17.5. The van der Waals surface area contributed by atoms with E-state index in [4.69, 9.17) is 0 Å². The fourth-order valence-electron chi connectivity index (χ4n) is 3.84. The predicted octanol–water partition coefficient (Wildman–Crippen LogP) is 3.81. The van der Waals surface area contributed by atoms with Gasteiger partial charge in [0.2, 0.25) is 0 Å². The van der Waals surface area contributed by atoms with E-state index < -0.39 is 0 Å². The van der Waals surface area contributed by atoms with E-state index in [2.05, 4.69) is 33.6 Å². The van der Waals surface area contributed by atoms with Gasteiger partial charge in [0.25, 0.3) is 5.91 Å². The van der Waals surface area contributed by atoms with Gasteiger partial charge in [-0.2, -0.15) is 0 Å². The molecule has 1 amide bonds. The maximum Gasteiger partial charge on any atom is 0.255 e. The Morgan fingerprint density at radius 2 is 2.00 bits per heavy atom. The fraction of sp³-hybridized carbons (Fsp3) is 0.318. The lowest BCUT2D eigenvalue weighted by Crippen LogP contribution is -2.41. The molecule has 0 bridgehead atoms. The normalized spacial score (nSPS) is 17.1. The van der Waals surface area contributed by atoms with Gasteiger partial charge in [-0.1, -0.05) is 30.3 Å². The zero-order valence-corrected chi connectivity index (χ0v) is 15.6. The topological polar surface area (TPSA) is 51.0 Å². The molecule has 1 unspecified atom stereocenters. The van der Waals surface area contributed by atoms with Gasteiger partial charge in [0.05, 0.1) is 5.56 Å². The van der Waals surface area contributed by atoms with E-state index in [0.717, 1.165) is 49.6 Å². The smallest absolute Gasteiger partial charge is 0.255 e. The van der Waals surface area contributed by atoms with Gasteiger partial charge in [0.15, 0.2) is 0 Å². The van der Waals surface area contributed by atoms with Crippen LogP contribution in [0.15, 0.2) is 61.1 Å². The Morgan fingerprint density at radius 3 is 2.78 bits per heavy atom. The third-order valence-corrected chi connectivity index (χ3v) is 5.24. The molecule has 138 valence electrons. The molecule has 3 heterocycles. The molecule has 5 nitrogen and oxygen atoms in total. The zero-order chi connectivity index (χ0) is 18.6. The van der Waals surface area contributed by atoms with Gasteiger partial charge in [0, 0.05) is 49.5 Å². The highest BCUT2D eigenvalue weighted by Gasteiger charge is 2.26. The lowest BCUT2D eigenvalue weighted by molar-refractivity contribution is 0.0662. The number of carbonyl (C=O) groups excluding carboxylic acids is 1. The average Bonchev–Trinajstić information content (AvgIpc) is 3.09. The number of aryl methyl sites for hydroxylation is 1. The third-order valence-electron chi connectivity index (χ3n) is 5.24. The number of amides is 1. The molecule has 0 spiro atoms. The molecule has 1 fully saturated rings. The minimum absolute atomic E-state index is 0.0819. The van der Waals surface area contributed by atoms with Gasteiger partial charge >= 0.3 is 0 Å². The Morgan fingerprint density at radius 1 is 1.15 bits per heavy atom. The van der Waals surface area contributed by atoms with Crippen molar-refractivity contribution in [2.24, 2.45) is 5.92 Å². The van der Waals surface area contributed by atoms with Crippen LogP contribution in [0.1, 0.15) is 28.9 Å². The number of aromatic nitrogens is 3. The second kappa shape index (κ2) is 7.74. The summed E-state index contributed by atoms with van der Waals surface area (Å²) in [4.78, 5) is 23.4. The van der Waals surface area contributed by atoms with Gasteiger partial charge in [-0.25, -0.2) is 4.98 Å². The first-order chi connectivity index (χ1) is 13.2. The molecule has 27 heavy (non-hydrogen) atoms. The standard InChI is InChI=1S/C22H24N4O/c1-17-13-24-21(19-8-3-2-4-9-19)26(17)16-18-7-6-12-25(15-18)22(27)20-10-5-11-23-14-20/h2-5,8-11,13-14,18H,6-7,12,15-16H2,1H3. The van der Waals surface area contributed by atoms with Gasteiger partial charge in [0.1, 0.15) is 5.82 Å². The molecule has 1 aliphatic heterocycles. The minimum Gasteiger partial charge on any atom is -0.338 e. The third kappa shape index (κ3) is 3.77. The number of nitrogens with zero attached hydrogens (tertiary/aromatic N) is 4. The van der Waals surface area contributed by atoms with Gasteiger partial charge < -0.3 is 9.47 Å². The van der Waals surface area contributed by atoms with Crippen molar-refractivity contribution in [1.29, 1.82) is 0 Å². The first-order valence-corrected chi connectivity index (χ1v) is 9.49. The molecule has 3 aromatic rings. The number of hydrogen-bond acceptors (Lipinski definition) is 3. The van der Waals surface area contributed by atoms with Crippen LogP contribution in [0.4, 0.5) is 0 Å². The Balaban J connectivity index is 1.51. The highest BCUT2D eigenvalue weighted by Crippen LogP contribution is 2.25. The van der Waals surface area contributed by atoms with E-state index in [-0.39, 0.29) is 5.91 Å². The van der Waals surface area contributed by atoms with Crippen molar-refractivity contribution >= 4 is 5.91 Å². The largest absolute Gasteiger partial charge is 0.338 e. The highest BCUT2D eigenvalue weighted by molar-refractivity contribution is 5.93. The van der Waals surface area contributed by atoms with Crippen molar-refractivity contribution in [3.8, 4) is 11.4 Å². The van der Waals surface area contributed by atoms with Crippen LogP contribution in [0.25, 0.3) is 11.4 Å². The van der Waals surface area contributed by atoms with Crippen molar-refractivity contribution in [3.63, 3.8) is 0 Å². The van der Waals surface area contributed by atoms with E-state index in [1.165, 1.54) is 0 Å². The fourth-order valence-corrected chi connectivity index (χ4v) is 3.84. The van der Waals surface area contributed by atoms with Crippen molar-refractivity contribution in [3.05, 3.63) is 72.3 Å². The number of carbonyl (C=O) groups is 1. The van der Waals surface area contributed by atoms with Crippen LogP contribution in [0.5, 0.6) is 0 Å². The predicted molar refractivity (Wildman–Crippen MR) is 105 cm³/mol. The Kier molecular flexibility index (Phi) is 5.01. The summed E-state index contributed by atoms with van der Waals surface area (Å²) in [6, 6.07) is 13.9. The molecule has 4 rings (SSSR count). The number of imidazole rings is 1. The second-order valence-corrected chi connectivity index (χ2v) is 7.20. The van der Waals surface area contributed by atoms with Gasteiger partial charge in [-0.3, -0.25) is 9.78 Å². The molecule has 0 saturated carbocycles. The average molecular weight is 360 g/mol. The Labute approximate surface area is 159 Å². The number of piperidine rings is 1. The first-order valence-electron chi connectivity index (χ1n) is 9.49. The lowest BCUT2D eigenvalue weighted by Gasteiger charge is -2.33. The number of benzene rings is 1. The molecule has 0 N–H and O–H groups in total.